The molecular formula is C17H18N2O6. The van der Waals surface area contributed by atoms with Crippen molar-refractivity contribution in [2.75, 3.05) is 14.2 Å². The molecule has 0 spiro atoms. The number of nitrogens with zero attached hydrogens (tertiary/aromatic N) is 2. The summed E-state index contributed by atoms with van der Waals surface area (Å²) in [5, 5.41) is 10.9. The van der Waals surface area contributed by atoms with Gasteiger partial charge in [-0.05, 0) is 17.7 Å². The van der Waals surface area contributed by atoms with Crippen LogP contribution in [0.3, 0.4) is 0 Å². The van der Waals surface area contributed by atoms with Crippen LogP contribution in [-0.2, 0) is 26.1 Å². The van der Waals surface area contributed by atoms with Crippen molar-refractivity contribution in [3.63, 3.8) is 0 Å². The highest BCUT2D eigenvalue weighted by molar-refractivity contribution is 5.96. The zero-order valence-corrected chi connectivity index (χ0v) is 14.0. The van der Waals surface area contributed by atoms with Gasteiger partial charge in [0.15, 0.2) is 5.92 Å². The minimum Gasteiger partial charge on any atom is -0.468 e. The molecule has 25 heavy (non-hydrogen) atoms. The van der Waals surface area contributed by atoms with E-state index in [2.05, 4.69) is 0 Å². The fourth-order valence-corrected chi connectivity index (χ4v) is 2.76. The lowest BCUT2D eigenvalue weighted by Gasteiger charge is -2.24. The van der Waals surface area contributed by atoms with Crippen LogP contribution in [-0.4, -0.2) is 35.6 Å². The fourth-order valence-electron chi connectivity index (χ4n) is 2.76. The smallest absolute Gasteiger partial charge is 0.321 e. The van der Waals surface area contributed by atoms with E-state index in [1.54, 1.807) is 29.9 Å². The van der Waals surface area contributed by atoms with Crippen molar-refractivity contribution in [1.29, 1.82) is 0 Å². The van der Waals surface area contributed by atoms with Gasteiger partial charge in [0.2, 0.25) is 0 Å². The monoisotopic (exact) mass is 346 g/mol. The van der Waals surface area contributed by atoms with E-state index in [0.717, 1.165) is 0 Å². The van der Waals surface area contributed by atoms with Gasteiger partial charge in [0.25, 0.3) is 5.69 Å². The lowest BCUT2D eigenvalue weighted by molar-refractivity contribution is -0.384. The first kappa shape index (κ1) is 18.2. The van der Waals surface area contributed by atoms with Crippen LogP contribution in [0.15, 0.2) is 42.6 Å². The summed E-state index contributed by atoms with van der Waals surface area (Å²) in [5.74, 6) is -3.42. The molecule has 1 aromatic heterocycles. The first-order valence-electron chi connectivity index (χ1n) is 7.42. The molecule has 0 saturated heterocycles. The van der Waals surface area contributed by atoms with Crippen LogP contribution in [0.5, 0.6) is 0 Å². The number of nitro benzene ring substituents is 1. The number of aryl methyl sites for hydroxylation is 1. The standard InChI is InChI=1S/C17H18N2O6/c1-18-10-4-5-13(18)14(15(16(20)24-2)17(21)25-3)11-6-8-12(9-7-11)19(22)23/h4-10,14-15H,1-3H3. The SMILES string of the molecule is COC(=O)C(C(=O)OC)C(c1ccc([N+](=O)[O-])cc1)c1cccn1C. The molecule has 132 valence electrons. The van der Waals surface area contributed by atoms with Crippen molar-refractivity contribution < 1.29 is 24.0 Å². The molecule has 1 unspecified atom stereocenters. The van der Waals surface area contributed by atoms with Gasteiger partial charge in [-0.3, -0.25) is 19.7 Å². The van der Waals surface area contributed by atoms with Gasteiger partial charge in [0.05, 0.1) is 19.1 Å². The van der Waals surface area contributed by atoms with Gasteiger partial charge >= 0.3 is 11.9 Å². The zero-order chi connectivity index (χ0) is 18.6. The minimum absolute atomic E-state index is 0.0814. The summed E-state index contributed by atoms with van der Waals surface area (Å²) in [6.45, 7) is 0. The Morgan fingerprint density at radius 2 is 1.64 bits per heavy atom. The third-order valence-corrected chi connectivity index (χ3v) is 4.01. The molecule has 0 aliphatic heterocycles. The summed E-state index contributed by atoms with van der Waals surface area (Å²) in [7, 11) is 4.16. The summed E-state index contributed by atoms with van der Waals surface area (Å²) in [4.78, 5) is 34.9. The molecule has 0 bridgehead atoms. The van der Waals surface area contributed by atoms with Gasteiger partial charge < -0.3 is 14.0 Å². The van der Waals surface area contributed by atoms with Gasteiger partial charge in [0, 0.05) is 37.0 Å². The molecule has 0 aliphatic carbocycles. The molecule has 1 atom stereocenters. The van der Waals surface area contributed by atoms with E-state index in [9.17, 15) is 19.7 Å². The predicted molar refractivity (Wildman–Crippen MR) is 87.9 cm³/mol. The van der Waals surface area contributed by atoms with Crippen molar-refractivity contribution in [3.05, 3.63) is 64.0 Å². The number of hydrogen-bond acceptors (Lipinski definition) is 6. The van der Waals surface area contributed by atoms with Gasteiger partial charge in [-0.2, -0.15) is 0 Å². The number of carbonyl (C=O) groups excluding carboxylic acids is 2. The number of hydrogen-bond donors (Lipinski definition) is 0. The maximum absolute atomic E-state index is 12.3. The van der Waals surface area contributed by atoms with Crippen LogP contribution in [0.2, 0.25) is 0 Å². The molecule has 2 aromatic rings. The molecule has 0 amide bonds. The first-order chi connectivity index (χ1) is 11.9. The van der Waals surface area contributed by atoms with Crippen LogP contribution >= 0.6 is 0 Å². The number of benzene rings is 1. The topological polar surface area (TPSA) is 101 Å². The average Bonchev–Trinajstić information content (AvgIpc) is 3.04. The molecule has 0 aliphatic rings. The van der Waals surface area contributed by atoms with E-state index in [1.165, 1.54) is 38.5 Å². The Balaban J connectivity index is 2.60. The highest BCUT2D eigenvalue weighted by Gasteiger charge is 2.40. The second-order valence-electron chi connectivity index (χ2n) is 5.39. The highest BCUT2D eigenvalue weighted by Crippen LogP contribution is 2.34. The summed E-state index contributed by atoms with van der Waals surface area (Å²) in [5.41, 5.74) is 1.16. The van der Waals surface area contributed by atoms with Gasteiger partial charge in [-0.15, -0.1) is 0 Å². The maximum atomic E-state index is 12.3. The molecule has 1 aromatic carbocycles. The van der Waals surface area contributed by atoms with Crippen molar-refractivity contribution >= 4 is 17.6 Å². The third kappa shape index (κ3) is 3.68. The lowest BCUT2D eigenvalue weighted by atomic mass is 9.83. The number of nitro groups is 1. The van der Waals surface area contributed by atoms with E-state index in [4.69, 9.17) is 9.47 Å². The molecule has 8 heteroatoms. The Hall–Kier alpha value is -3.16. The first-order valence-corrected chi connectivity index (χ1v) is 7.42. The normalized spacial score (nSPS) is 11.8. The molecule has 8 nitrogen and oxygen atoms in total. The number of carbonyl (C=O) groups is 2. The molecule has 0 N–H and O–H groups in total. The van der Waals surface area contributed by atoms with Gasteiger partial charge in [-0.1, -0.05) is 12.1 Å². The number of non-ortho nitro benzene ring substituents is 1. The van der Waals surface area contributed by atoms with E-state index in [-0.39, 0.29) is 5.69 Å². The molecule has 0 saturated carbocycles. The average molecular weight is 346 g/mol. The summed E-state index contributed by atoms with van der Waals surface area (Å²) >= 11 is 0. The van der Waals surface area contributed by atoms with E-state index < -0.39 is 28.7 Å². The van der Waals surface area contributed by atoms with E-state index >= 15 is 0 Å². The highest BCUT2D eigenvalue weighted by atomic mass is 16.6. The van der Waals surface area contributed by atoms with Crippen LogP contribution < -0.4 is 0 Å². The number of esters is 2. The van der Waals surface area contributed by atoms with Crippen molar-refractivity contribution in [1.82, 2.24) is 4.57 Å². The second-order valence-corrected chi connectivity index (χ2v) is 5.39. The van der Waals surface area contributed by atoms with Crippen molar-refractivity contribution in [2.45, 2.75) is 5.92 Å². The molecule has 1 heterocycles. The quantitative estimate of drug-likeness (QED) is 0.343. The third-order valence-electron chi connectivity index (χ3n) is 4.01. The molecule has 0 fully saturated rings. The van der Waals surface area contributed by atoms with Crippen LogP contribution in [0.1, 0.15) is 17.2 Å². The zero-order valence-electron chi connectivity index (χ0n) is 14.0. The Morgan fingerprint density at radius 3 is 2.04 bits per heavy atom. The minimum atomic E-state index is -1.23. The predicted octanol–water partition coefficient (Wildman–Crippen LogP) is 2.03. The Kier molecular flexibility index (Phi) is 5.53. The summed E-state index contributed by atoms with van der Waals surface area (Å²) < 4.78 is 11.3. The van der Waals surface area contributed by atoms with Gasteiger partial charge in [-0.25, -0.2) is 0 Å². The number of aromatic nitrogens is 1. The van der Waals surface area contributed by atoms with Crippen LogP contribution in [0.25, 0.3) is 0 Å². The Morgan fingerprint density at radius 1 is 1.08 bits per heavy atom. The largest absolute Gasteiger partial charge is 0.468 e. The Bertz CT molecular complexity index is 765. The molecule has 0 radical (unpaired) electrons. The van der Waals surface area contributed by atoms with Crippen LogP contribution in [0, 0.1) is 16.0 Å². The van der Waals surface area contributed by atoms with E-state index in [0.29, 0.717) is 11.3 Å². The van der Waals surface area contributed by atoms with Crippen LogP contribution in [0.4, 0.5) is 5.69 Å². The molecule has 2 rings (SSSR count). The lowest BCUT2D eigenvalue weighted by Crippen LogP contribution is -2.33. The Labute approximate surface area is 144 Å². The van der Waals surface area contributed by atoms with Crippen molar-refractivity contribution in [3.8, 4) is 0 Å². The maximum Gasteiger partial charge on any atom is 0.321 e. The number of methoxy groups -OCH3 is 2. The van der Waals surface area contributed by atoms with E-state index in [1.807, 2.05) is 0 Å². The van der Waals surface area contributed by atoms with Crippen molar-refractivity contribution in [2.24, 2.45) is 13.0 Å². The number of rotatable bonds is 6. The summed E-state index contributed by atoms with van der Waals surface area (Å²) in [6.07, 6.45) is 1.78. The number of ether oxygens (including phenoxy) is 2. The summed E-state index contributed by atoms with van der Waals surface area (Å²) in [6, 6.07) is 9.25. The van der Waals surface area contributed by atoms with Gasteiger partial charge in [0.1, 0.15) is 0 Å². The molecular weight excluding hydrogens is 328 g/mol. The fraction of sp³-hybridized carbons (Fsp3) is 0.294. The second kappa shape index (κ2) is 7.61.